The van der Waals surface area contributed by atoms with Crippen molar-refractivity contribution in [2.24, 2.45) is 0 Å². The highest BCUT2D eigenvalue weighted by molar-refractivity contribution is 5.70. The Balaban J connectivity index is 1.17. The Kier molecular flexibility index (Phi) is 7.00. The molecule has 0 bridgehead atoms. The van der Waals surface area contributed by atoms with Crippen molar-refractivity contribution in [1.82, 2.24) is 10.2 Å². The minimum Gasteiger partial charge on any atom is -0.430 e. The molecule has 1 N–H and O–H groups in total. The molecule has 2 aromatic carbocycles. The molecule has 1 aliphatic carbocycles. The van der Waals surface area contributed by atoms with Crippen molar-refractivity contribution in [3.8, 4) is 5.95 Å². The van der Waals surface area contributed by atoms with Gasteiger partial charge in [0.05, 0.1) is 0 Å². The second-order valence-corrected chi connectivity index (χ2v) is 9.64. The lowest BCUT2D eigenvalue weighted by atomic mass is 9.73. The second-order valence-electron chi connectivity index (χ2n) is 9.64. The van der Waals surface area contributed by atoms with E-state index < -0.39 is 6.09 Å². The summed E-state index contributed by atoms with van der Waals surface area (Å²) in [4.78, 5) is 15.3. The van der Waals surface area contributed by atoms with Gasteiger partial charge in [-0.2, -0.15) is 0 Å². The number of amides is 1. The van der Waals surface area contributed by atoms with E-state index in [4.69, 9.17) is 9.15 Å². The third kappa shape index (κ3) is 5.20. The number of hydrogen-bond donors (Lipinski definition) is 1. The molecular formula is C29H34N2O3. The summed E-state index contributed by atoms with van der Waals surface area (Å²) in [6, 6.07) is 24.8. The van der Waals surface area contributed by atoms with Gasteiger partial charge in [-0.1, -0.05) is 67.1 Å². The molecule has 1 saturated carbocycles. The smallest absolute Gasteiger partial charge is 0.415 e. The Morgan fingerprint density at radius 3 is 2.29 bits per heavy atom. The standard InChI is InChI=1S/C29H34N2O3/c32-28(34-27-15-14-26(33-27)22-23-10-4-1-5-11-23)30-25-16-18-29(19-17-25,24-12-6-2-7-13-24)31-20-8-3-9-21-31/h1-2,4-7,10-15,25H,3,8-9,16-22H2,(H,30,32). The average Bonchev–Trinajstić information content (AvgIpc) is 3.32. The molecule has 1 amide bonds. The number of hydrogen-bond acceptors (Lipinski definition) is 4. The molecule has 2 fully saturated rings. The number of likely N-dealkylation sites (tertiary alicyclic amines) is 1. The van der Waals surface area contributed by atoms with Gasteiger partial charge in [-0.3, -0.25) is 4.90 Å². The van der Waals surface area contributed by atoms with Crippen LogP contribution in [-0.4, -0.2) is 30.1 Å². The number of benzene rings is 2. The van der Waals surface area contributed by atoms with Crippen LogP contribution in [0.15, 0.2) is 77.2 Å². The zero-order chi connectivity index (χ0) is 23.2. The van der Waals surface area contributed by atoms with Gasteiger partial charge >= 0.3 is 6.09 Å². The molecule has 1 aliphatic heterocycles. The molecule has 5 nitrogen and oxygen atoms in total. The Morgan fingerprint density at radius 1 is 0.912 bits per heavy atom. The van der Waals surface area contributed by atoms with E-state index in [0.717, 1.165) is 37.0 Å². The van der Waals surface area contributed by atoms with E-state index in [-0.39, 0.29) is 17.5 Å². The number of ether oxygens (including phenoxy) is 1. The van der Waals surface area contributed by atoms with E-state index in [0.29, 0.717) is 6.42 Å². The molecule has 0 spiro atoms. The molecule has 0 unspecified atom stereocenters. The molecule has 1 saturated heterocycles. The molecule has 3 aromatic rings. The Morgan fingerprint density at radius 2 is 1.59 bits per heavy atom. The van der Waals surface area contributed by atoms with E-state index in [9.17, 15) is 4.79 Å². The zero-order valence-corrected chi connectivity index (χ0v) is 19.7. The van der Waals surface area contributed by atoms with Crippen LogP contribution >= 0.6 is 0 Å². The van der Waals surface area contributed by atoms with E-state index in [1.807, 2.05) is 24.3 Å². The fraction of sp³-hybridized carbons (Fsp3) is 0.414. The first-order valence-corrected chi connectivity index (χ1v) is 12.6. The molecule has 0 radical (unpaired) electrons. The van der Waals surface area contributed by atoms with Crippen LogP contribution in [0.2, 0.25) is 0 Å². The highest BCUT2D eigenvalue weighted by atomic mass is 16.6. The number of carbonyl (C=O) groups excluding carboxylic acids is 1. The van der Waals surface area contributed by atoms with Gasteiger partial charge in [0.1, 0.15) is 5.76 Å². The zero-order valence-electron chi connectivity index (χ0n) is 19.7. The van der Waals surface area contributed by atoms with Crippen LogP contribution < -0.4 is 10.1 Å². The van der Waals surface area contributed by atoms with Crippen LogP contribution in [0.3, 0.4) is 0 Å². The van der Waals surface area contributed by atoms with Crippen molar-refractivity contribution in [2.45, 2.75) is 62.9 Å². The van der Waals surface area contributed by atoms with Crippen molar-refractivity contribution in [1.29, 1.82) is 0 Å². The maximum absolute atomic E-state index is 12.6. The van der Waals surface area contributed by atoms with Crippen LogP contribution in [0.5, 0.6) is 5.95 Å². The normalized spacial score (nSPS) is 23.4. The van der Waals surface area contributed by atoms with Crippen LogP contribution in [0, 0.1) is 0 Å². The molecule has 1 aromatic heterocycles. The SMILES string of the molecule is O=C(NC1CCC(c2ccccc2)(N2CCCCC2)CC1)Oc1ccc(Cc2ccccc2)o1. The molecule has 178 valence electrons. The molecule has 34 heavy (non-hydrogen) atoms. The van der Waals surface area contributed by atoms with Crippen LogP contribution in [-0.2, 0) is 12.0 Å². The first kappa shape index (κ1) is 22.7. The molecule has 2 heterocycles. The van der Waals surface area contributed by atoms with Gasteiger partial charge in [-0.15, -0.1) is 0 Å². The van der Waals surface area contributed by atoms with Crippen LogP contribution in [0.25, 0.3) is 0 Å². The number of furan rings is 1. The third-order valence-electron chi connectivity index (χ3n) is 7.46. The minimum absolute atomic E-state index is 0.0805. The Bertz CT molecular complexity index is 1050. The fourth-order valence-corrected chi connectivity index (χ4v) is 5.69. The molecule has 0 atom stereocenters. The third-order valence-corrected chi connectivity index (χ3v) is 7.46. The maximum Gasteiger partial charge on any atom is 0.415 e. The summed E-state index contributed by atoms with van der Waals surface area (Å²) < 4.78 is 11.2. The number of nitrogens with one attached hydrogen (secondary N) is 1. The van der Waals surface area contributed by atoms with Crippen molar-refractivity contribution >= 4 is 6.09 Å². The van der Waals surface area contributed by atoms with Gasteiger partial charge in [0.15, 0.2) is 0 Å². The summed E-state index contributed by atoms with van der Waals surface area (Å²) >= 11 is 0. The molecule has 5 rings (SSSR count). The molecular weight excluding hydrogens is 424 g/mol. The quantitative estimate of drug-likeness (QED) is 0.472. The predicted molar refractivity (Wildman–Crippen MR) is 133 cm³/mol. The number of nitrogens with zero attached hydrogens (tertiary/aromatic N) is 1. The fourth-order valence-electron chi connectivity index (χ4n) is 5.69. The molecule has 5 heteroatoms. The largest absolute Gasteiger partial charge is 0.430 e. The Labute approximate surface area is 202 Å². The average molecular weight is 459 g/mol. The van der Waals surface area contributed by atoms with Crippen LogP contribution in [0.1, 0.15) is 61.8 Å². The maximum atomic E-state index is 12.6. The summed E-state index contributed by atoms with van der Waals surface area (Å²) in [5, 5.41) is 3.08. The lowest BCUT2D eigenvalue weighted by molar-refractivity contribution is 0.0231. The van der Waals surface area contributed by atoms with Gasteiger partial charge in [0, 0.05) is 24.1 Å². The summed E-state index contributed by atoms with van der Waals surface area (Å²) in [6.07, 6.45) is 8.10. The topological polar surface area (TPSA) is 54.7 Å². The van der Waals surface area contributed by atoms with Gasteiger partial charge in [0.25, 0.3) is 5.95 Å². The van der Waals surface area contributed by atoms with E-state index in [1.54, 1.807) is 6.07 Å². The highest BCUT2D eigenvalue weighted by Crippen LogP contribution is 2.43. The van der Waals surface area contributed by atoms with E-state index in [1.165, 1.54) is 37.9 Å². The summed E-state index contributed by atoms with van der Waals surface area (Å²) in [5.74, 6) is 1.02. The minimum atomic E-state index is -0.434. The van der Waals surface area contributed by atoms with E-state index in [2.05, 4.69) is 52.7 Å². The Hall–Kier alpha value is -3.05. The number of piperidine rings is 1. The number of carbonyl (C=O) groups is 1. The second kappa shape index (κ2) is 10.5. The van der Waals surface area contributed by atoms with Gasteiger partial charge in [0.2, 0.25) is 0 Å². The lowest BCUT2D eigenvalue weighted by Gasteiger charge is -2.50. The summed E-state index contributed by atoms with van der Waals surface area (Å²) in [5.41, 5.74) is 2.65. The van der Waals surface area contributed by atoms with Gasteiger partial charge in [-0.05, 0) is 68.8 Å². The van der Waals surface area contributed by atoms with E-state index >= 15 is 0 Å². The summed E-state index contributed by atoms with van der Waals surface area (Å²) in [6.45, 7) is 2.33. The van der Waals surface area contributed by atoms with Gasteiger partial charge < -0.3 is 14.5 Å². The van der Waals surface area contributed by atoms with Crippen molar-refractivity contribution in [2.75, 3.05) is 13.1 Å². The van der Waals surface area contributed by atoms with Crippen molar-refractivity contribution in [3.05, 3.63) is 89.7 Å². The summed E-state index contributed by atoms with van der Waals surface area (Å²) in [7, 11) is 0. The lowest BCUT2D eigenvalue weighted by Crippen LogP contribution is -2.53. The first-order valence-electron chi connectivity index (χ1n) is 12.6. The van der Waals surface area contributed by atoms with Crippen LogP contribution in [0.4, 0.5) is 4.79 Å². The highest BCUT2D eigenvalue weighted by Gasteiger charge is 2.42. The predicted octanol–water partition coefficient (Wildman–Crippen LogP) is 6.28. The first-order chi connectivity index (χ1) is 16.7. The molecule has 2 aliphatic rings. The number of rotatable bonds is 6. The monoisotopic (exact) mass is 458 g/mol. The van der Waals surface area contributed by atoms with Gasteiger partial charge in [-0.25, -0.2) is 4.79 Å². The van der Waals surface area contributed by atoms with Crippen molar-refractivity contribution in [3.63, 3.8) is 0 Å². The van der Waals surface area contributed by atoms with Crippen molar-refractivity contribution < 1.29 is 13.9 Å².